The normalized spacial score (nSPS) is 14.5. The van der Waals surface area contributed by atoms with Gasteiger partial charge in [-0.3, -0.25) is 4.98 Å². The number of hydrogen-bond acceptors (Lipinski definition) is 6. The molecule has 1 N–H and O–H groups in total. The molecule has 8 heteroatoms. The predicted molar refractivity (Wildman–Crippen MR) is 80.7 cm³/mol. The molecular weight excluding hydrogens is 284 g/mol. The quantitative estimate of drug-likeness (QED) is 0.658. The summed E-state index contributed by atoms with van der Waals surface area (Å²) in [5, 5.41) is 0. The Hall–Kier alpha value is -2.90. The lowest BCUT2D eigenvalue weighted by Gasteiger charge is -2.16. The largest absolute Gasteiger partial charge is 0.491 e. The summed E-state index contributed by atoms with van der Waals surface area (Å²) in [4.78, 5) is 30.0. The number of nitrogens with zero attached hydrogens (tertiary/aromatic N) is 5. The van der Waals surface area contributed by atoms with Crippen molar-refractivity contribution in [3.05, 3.63) is 35.0 Å². The number of hydrogen-bond donors (Lipinski definition) is 1. The summed E-state index contributed by atoms with van der Waals surface area (Å²) in [7, 11) is 1.92. The minimum atomic E-state index is -0.301. The van der Waals surface area contributed by atoms with E-state index in [1.165, 1.54) is 4.57 Å². The SMILES string of the molecule is CN1CCCOc2ccnc3[nH]c(=O)n(c23)-c2ccnc1n2. The molecule has 22 heavy (non-hydrogen) atoms. The number of aromatic nitrogens is 5. The molecule has 3 aromatic rings. The second-order valence-corrected chi connectivity index (χ2v) is 5.11. The third kappa shape index (κ3) is 1.92. The summed E-state index contributed by atoms with van der Waals surface area (Å²) in [6, 6.07) is 3.45. The van der Waals surface area contributed by atoms with E-state index in [4.69, 9.17) is 4.74 Å². The van der Waals surface area contributed by atoms with Crippen molar-refractivity contribution >= 4 is 17.1 Å². The number of H-pyrrole nitrogens is 1. The van der Waals surface area contributed by atoms with Crippen LogP contribution >= 0.6 is 0 Å². The van der Waals surface area contributed by atoms with Crippen molar-refractivity contribution in [2.24, 2.45) is 0 Å². The molecule has 1 aliphatic rings. The average molecular weight is 298 g/mol. The highest BCUT2D eigenvalue weighted by Crippen LogP contribution is 2.25. The Morgan fingerprint density at radius 3 is 3.05 bits per heavy atom. The van der Waals surface area contributed by atoms with E-state index in [1.54, 1.807) is 24.5 Å². The average Bonchev–Trinajstić information content (AvgIpc) is 2.87. The van der Waals surface area contributed by atoms with Crippen LogP contribution in [0.2, 0.25) is 0 Å². The first-order chi connectivity index (χ1) is 10.7. The van der Waals surface area contributed by atoms with Crippen LogP contribution in [-0.4, -0.2) is 44.7 Å². The van der Waals surface area contributed by atoms with E-state index < -0.39 is 0 Å². The molecule has 0 spiro atoms. The van der Waals surface area contributed by atoms with Gasteiger partial charge in [-0.25, -0.2) is 19.3 Å². The Bertz CT molecular complexity index is 900. The van der Waals surface area contributed by atoms with E-state index in [9.17, 15) is 4.79 Å². The van der Waals surface area contributed by atoms with Gasteiger partial charge in [0.05, 0.1) is 6.61 Å². The van der Waals surface area contributed by atoms with Gasteiger partial charge in [-0.2, -0.15) is 4.98 Å². The molecule has 0 saturated heterocycles. The van der Waals surface area contributed by atoms with E-state index in [-0.39, 0.29) is 5.69 Å². The number of aromatic amines is 1. The molecule has 3 aromatic heterocycles. The molecule has 8 nitrogen and oxygen atoms in total. The van der Waals surface area contributed by atoms with Crippen LogP contribution in [0.5, 0.6) is 5.75 Å². The molecule has 0 fully saturated rings. The van der Waals surface area contributed by atoms with E-state index >= 15 is 0 Å². The number of imidazole rings is 1. The summed E-state index contributed by atoms with van der Waals surface area (Å²) in [5.74, 6) is 1.69. The van der Waals surface area contributed by atoms with Crippen LogP contribution in [0.3, 0.4) is 0 Å². The highest BCUT2D eigenvalue weighted by atomic mass is 16.5. The maximum Gasteiger partial charge on any atom is 0.333 e. The van der Waals surface area contributed by atoms with Gasteiger partial charge in [0.1, 0.15) is 17.1 Å². The fourth-order valence-corrected chi connectivity index (χ4v) is 2.57. The second-order valence-electron chi connectivity index (χ2n) is 5.11. The van der Waals surface area contributed by atoms with Gasteiger partial charge in [0.2, 0.25) is 5.95 Å². The lowest BCUT2D eigenvalue weighted by atomic mass is 10.3. The van der Waals surface area contributed by atoms with Crippen LogP contribution in [0.25, 0.3) is 17.0 Å². The van der Waals surface area contributed by atoms with Crippen LogP contribution < -0.4 is 15.3 Å². The van der Waals surface area contributed by atoms with E-state index in [2.05, 4.69) is 19.9 Å². The molecule has 0 saturated carbocycles. The third-order valence-electron chi connectivity index (χ3n) is 3.63. The molecule has 0 aliphatic carbocycles. The molecule has 112 valence electrons. The van der Waals surface area contributed by atoms with Crippen molar-refractivity contribution in [3.8, 4) is 11.6 Å². The number of pyridine rings is 1. The van der Waals surface area contributed by atoms with Gasteiger partial charge < -0.3 is 9.64 Å². The lowest BCUT2D eigenvalue weighted by Crippen LogP contribution is -2.23. The van der Waals surface area contributed by atoms with Gasteiger partial charge in [-0.15, -0.1) is 0 Å². The molecule has 4 rings (SSSR count). The van der Waals surface area contributed by atoms with Crippen molar-refractivity contribution in [2.45, 2.75) is 6.42 Å². The predicted octanol–water partition coefficient (Wildman–Crippen LogP) is 0.722. The molecular formula is C14H14N6O2. The Morgan fingerprint density at radius 1 is 1.27 bits per heavy atom. The Balaban J connectivity index is 2.06. The van der Waals surface area contributed by atoms with Crippen LogP contribution in [0, 0.1) is 0 Å². The summed E-state index contributed by atoms with van der Waals surface area (Å²) in [6.45, 7) is 1.31. The van der Waals surface area contributed by atoms with Crippen molar-refractivity contribution in [1.82, 2.24) is 24.5 Å². The summed E-state index contributed by atoms with van der Waals surface area (Å²) in [5.41, 5.74) is 0.780. The number of rotatable bonds is 0. The maximum atomic E-state index is 12.3. The van der Waals surface area contributed by atoms with Gasteiger partial charge >= 0.3 is 5.69 Å². The standard InChI is InChI=1S/C14H14N6O2/c1-19-7-2-8-22-9-3-5-15-12-11(9)20(14(21)18-12)10-4-6-16-13(19)17-10/h3-6H,2,7-8H2,1H3,(H,15,18,21). The second kappa shape index (κ2) is 4.83. The van der Waals surface area contributed by atoms with Crippen LogP contribution in [-0.2, 0) is 0 Å². The van der Waals surface area contributed by atoms with Crippen LogP contribution in [0.15, 0.2) is 29.3 Å². The molecule has 0 unspecified atom stereocenters. The lowest BCUT2D eigenvalue weighted by molar-refractivity contribution is 0.315. The van der Waals surface area contributed by atoms with E-state index in [0.717, 1.165) is 13.0 Å². The van der Waals surface area contributed by atoms with Gasteiger partial charge in [-0.05, 0) is 6.42 Å². The fourth-order valence-electron chi connectivity index (χ4n) is 2.57. The maximum absolute atomic E-state index is 12.3. The first kappa shape index (κ1) is 12.8. The van der Waals surface area contributed by atoms with Crippen LogP contribution in [0.1, 0.15) is 6.42 Å². The topological polar surface area (TPSA) is 88.9 Å². The Labute approximate surface area is 125 Å². The van der Waals surface area contributed by atoms with Gasteiger partial charge in [-0.1, -0.05) is 0 Å². The highest BCUT2D eigenvalue weighted by molar-refractivity contribution is 5.80. The summed E-state index contributed by atoms with van der Waals surface area (Å²) < 4.78 is 7.31. The molecule has 0 amide bonds. The van der Waals surface area contributed by atoms with Crippen molar-refractivity contribution in [3.63, 3.8) is 0 Å². The zero-order valence-electron chi connectivity index (χ0n) is 12.0. The minimum Gasteiger partial charge on any atom is -0.491 e. The van der Waals surface area contributed by atoms with Gasteiger partial charge in [0.25, 0.3) is 0 Å². The van der Waals surface area contributed by atoms with Crippen molar-refractivity contribution < 1.29 is 4.74 Å². The van der Waals surface area contributed by atoms with Crippen molar-refractivity contribution in [2.75, 3.05) is 25.1 Å². The van der Waals surface area contributed by atoms with Crippen molar-refractivity contribution in [1.29, 1.82) is 0 Å². The fraction of sp³-hybridized carbons (Fsp3) is 0.286. The number of ether oxygens (including phenoxy) is 1. The van der Waals surface area contributed by atoms with Crippen LogP contribution in [0.4, 0.5) is 5.95 Å². The van der Waals surface area contributed by atoms with Gasteiger partial charge in [0, 0.05) is 38.1 Å². The first-order valence-electron chi connectivity index (χ1n) is 7.01. The summed E-state index contributed by atoms with van der Waals surface area (Å²) in [6.07, 6.45) is 4.09. The molecule has 4 heterocycles. The number of nitrogens with one attached hydrogen (secondary N) is 1. The molecule has 0 aromatic carbocycles. The molecule has 1 aliphatic heterocycles. The first-order valence-corrected chi connectivity index (χ1v) is 7.01. The monoisotopic (exact) mass is 298 g/mol. The zero-order valence-corrected chi connectivity index (χ0v) is 12.0. The van der Waals surface area contributed by atoms with E-state index in [1.807, 2.05) is 11.9 Å². The van der Waals surface area contributed by atoms with E-state index in [0.29, 0.717) is 35.3 Å². The Morgan fingerprint density at radius 2 is 2.14 bits per heavy atom. The number of fused-ring (bicyclic) bond motifs is 3. The zero-order chi connectivity index (χ0) is 15.1. The smallest absolute Gasteiger partial charge is 0.333 e. The molecule has 2 bridgehead atoms. The number of anilines is 1. The molecule has 0 radical (unpaired) electrons. The Kier molecular flexibility index (Phi) is 2.81. The molecule has 0 atom stereocenters. The minimum absolute atomic E-state index is 0.301. The third-order valence-corrected chi connectivity index (χ3v) is 3.63. The summed E-state index contributed by atoms with van der Waals surface area (Å²) >= 11 is 0. The highest BCUT2D eigenvalue weighted by Gasteiger charge is 2.17. The van der Waals surface area contributed by atoms with Gasteiger partial charge in [0.15, 0.2) is 5.65 Å².